The summed E-state index contributed by atoms with van der Waals surface area (Å²) in [7, 11) is 3.17. The van der Waals surface area contributed by atoms with Crippen molar-refractivity contribution in [2.24, 2.45) is 5.10 Å². The zero-order chi connectivity index (χ0) is 19.9. The number of benzene rings is 2. The summed E-state index contributed by atoms with van der Waals surface area (Å²) < 4.78 is 18.1. The fourth-order valence-electron chi connectivity index (χ4n) is 2.62. The number of hydrazone groups is 1. The molecule has 0 aliphatic carbocycles. The van der Waals surface area contributed by atoms with Crippen molar-refractivity contribution < 1.29 is 14.2 Å². The van der Waals surface area contributed by atoms with E-state index in [9.17, 15) is 0 Å². The molecule has 0 saturated carbocycles. The zero-order valence-corrected chi connectivity index (χ0v) is 16.6. The van der Waals surface area contributed by atoms with E-state index in [1.54, 1.807) is 25.1 Å². The van der Waals surface area contributed by atoms with Crippen molar-refractivity contribution in [2.45, 2.75) is 6.92 Å². The number of methoxy groups -OCH3 is 2. The van der Waals surface area contributed by atoms with E-state index in [1.807, 2.05) is 49.4 Å². The maximum atomic E-state index is 5.47. The first-order valence-corrected chi connectivity index (χ1v) is 8.99. The first-order valence-electron chi connectivity index (χ1n) is 8.58. The molecule has 9 heteroatoms. The second kappa shape index (κ2) is 9.05. The molecule has 0 aliphatic heterocycles. The Morgan fingerprint density at radius 2 is 1.96 bits per heavy atom. The number of hydrogen-bond donors (Lipinski definition) is 2. The van der Waals surface area contributed by atoms with Gasteiger partial charge in [0, 0.05) is 11.1 Å². The van der Waals surface area contributed by atoms with Gasteiger partial charge in [-0.1, -0.05) is 6.07 Å². The highest BCUT2D eigenvalue weighted by Gasteiger charge is 2.10. The number of aromatic nitrogens is 3. The van der Waals surface area contributed by atoms with Crippen LogP contribution in [0.1, 0.15) is 12.5 Å². The molecule has 8 nitrogen and oxygen atoms in total. The van der Waals surface area contributed by atoms with Crippen LogP contribution in [0.2, 0.25) is 0 Å². The lowest BCUT2D eigenvalue weighted by atomic mass is 10.2. The van der Waals surface area contributed by atoms with E-state index in [1.165, 1.54) is 0 Å². The lowest BCUT2D eigenvalue weighted by molar-refractivity contribution is 0.340. The summed E-state index contributed by atoms with van der Waals surface area (Å²) in [6, 6.07) is 13.1. The third kappa shape index (κ3) is 4.15. The number of para-hydroxylation sites is 1. The molecule has 2 aromatic carbocycles. The Hall–Kier alpha value is -3.33. The molecular weight excluding hydrogens is 378 g/mol. The maximum Gasteiger partial charge on any atom is 0.216 e. The normalized spacial score (nSPS) is 10.8. The van der Waals surface area contributed by atoms with Crippen LogP contribution >= 0.6 is 12.2 Å². The van der Waals surface area contributed by atoms with Crippen LogP contribution in [0, 0.1) is 4.77 Å². The van der Waals surface area contributed by atoms with E-state index < -0.39 is 0 Å². The molecule has 0 amide bonds. The molecule has 146 valence electrons. The number of hydrogen-bond acceptors (Lipinski definition) is 7. The fraction of sp³-hybridized carbons (Fsp3) is 0.211. The van der Waals surface area contributed by atoms with Crippen LogP contribution in [0.4, 0.5) is 0 Å². The van der Waals surface area contributed by atoms with Crippen molar-refractivity contribution in [1.82, 2.24) is 14.9 Å². The molecule has 0 unspecified atom stereocenters. The van der Waals surface area contributed by atoms with Gasteiger partial charge in [-0.05, 0) is 55.5 Å². The van der Waals surface area contributed by atoms with E-state index in [2.05, 4.69) is 20.8 Å². The number of rotatable bonds is 8. The maximum absolute atomic E-state index is 5.47. The van der Waals surface area contributed by atoms with E-state index in [4.69, 9.17) is 26.4 Å². The minimum atomic E-state index is 0.388. The van der Waals surface area contributed by atoms with Gasteiger partial charge in [-0.25, -0.2) is 10.6 Å². The molecule has 0 spiro atoms. The van der Waals surface area contributed by atoms with Gasteiger partial charge in [-0.15, -0.1) is 0 Å². The lowest BCUT2D eigenvalue weighted by Crippen LogP contribution is -2.11. The molecule has 3 rings (SSSR count). The van der Waals surface area contributed by atoms with Crippen LogP contribution < -0.4 is 19.7 Å². The van der Waals surface area contributed by atoms with Gasteiger partial charge < -0.3 is 14.2 Å². The number of nitrogens with one attached hydrogen (secondary N) is 2. The van der Waals surface area contributed by atoms with Gasteiger partial charge in [0.1, 0.15) is 5.75 Å². The molecule has 0 atom stereocenters. The molecule has 0 bridgehead atoms. The van der Waals surface area contributed by atoms with Crippen molar-refractivity contribution in [1.29, 1.82) is 0 Å². The number of aromatic amines is 1. The van der Waals surface area contributed by atoms with E-state index in [0.29, 0.717) is 28.7 Å². The Kier molecular flexibility index (Phi) is 6.28. The quantitative estimate of drug-likeness (QED) is 0.342. The van der Waals surface area contributed by atoms with Gasteiger partial charge in [-0.2, -0.15) is 14.9 Å². The number of nitrogens with zero attached hydrogens (tertiary/aromatic N) is 3. The molecule has 0 fully saturated rings. The molecule has 0 radical (unpaired) electrons. The van der Waals surface area contributed by atoms with Crippen molar-refractivity contribution in [3.05, 3.63) is 52.8 Å². The minimum absolute atomic E-state index is 0.388. The Bertz CT molecular complexity index is 1010. The van der Waals surface area contributed by atoms with Crippen LogP contribution in [0.5, 0.6) is 17.2 Å². The summed E-state index contributed by atoms with van der Waals surface area (Å²) in [5, 5.41) is 11.3. The molecule has 28 heavy (non-hydrogen) atoms. The monoisotopic (exact) mass is 399 g/mol. The van der Waals surface area contributed by atoms with Gasteiger partial charge in [-0.3, -0.25) is 0 Å². The largest absolute Gasteiger partial charge is 0.494 e. The highest BCUT2D eigenvalue weighted by atomic mass is 32.1. The molecular formula is C19H21N5O3S. The highest BCUT2D eigenvalue weighted by molar-refractivity contribution is 7.71. The molecule has 1 heterocycles. The van der Waals surface area contributed by atoms with Gasteiger partial charge in [0.15, 0.2) is 17.3 Å². The van der Waals surface area contributed by atoms with Crippen LogP contribution in [0.15, 0.2) is 47.6 Å². The second-order valence-corrected chi connectivity index (χ2v) is 5.97. The van der Waals surface area contributed by atoms with Crippen molar-refractivity contribution >= 4 is 18.4 Å². The van der Waals surface area contributed by atoms with E-state index in [-0.39, 0.29) is 0 Å². The van der Waals surface area contributed by atoms with Crippen molar-refractivity contribution in [2.75, 3.05) is 26.4 Å². The minimum Gasteiger partial charge on any atom is -0.494 e. The Labute approximate surface area is 167 Å². The van der Waals surface area contributed by atoms with E-state index in [0.717, 1.165) is 16.9 Å². The number of ether oxygens (including phenoxy) is 3. The first-order chi connectivity index (χ1) is 13.7. The molecule has 0 saturated heterocycles. The third-order valence-corrected chi connectivity index (χ3v) is 4.16. The van der Waals surface area contributed by atoms with Crippen LogP contribution in [0.3, 0.4) is 0 Å². The topological polar surface area (TPSA) is 85.7 Å². The Balaban J connectivity index is 1.84. The third-order valence-electron chi connectivity index (χ3n) is 3.89. The van der Waals surface area contributed by atoms with Crippen molar-refractivity contribution in [3.63, 3.8) is 0 Å². The van der Waals surface area contributed by atoms with Crippen LogP contribution in [0.25, 0.3) is 11.4 Å². The molecule has 2 N–H and O–H groups in total. The average molecular weight is 399 g/mol. The summed E-state index contributed by atoms with van der Waals surface area (Å²) in [4.78, 5) is 0. The summed E-state index contributed by atoms with van der Waals surface area (Å²) >= 11 is 5.30. The molecule has 0 aliphatic rings. The zero-order valence-electron chi connectivity index (χ0n) is 15.8. The van der Waals surface area contributed by atoms with Crippen molar-refractivity contribution in [3.8, 4) is 28.6 Å². The van der Waals surface area contributed by atoms with Gasteiger partial charge in [0.25, 0.3) is 0 Å². The predicted octanol–water partition coefficient (Wildman–Crippen LogP) is 3.60. The summed E-state index contributed by atoms with van der Waals surface area (Å²) in [5.74, 6) is 2.62. The van der Waals surface area contributed by atoms with E-state index >= 15 is 0 Å². The van der Waals surface area contributed by atoms with Gasteiger partial charge in [0.2, 0.25) is 4.77 Å². The SMILES string of the molecule is CCOc1ccc(-c2n[nH]c(=S)n2N/N=C/c2cccc(OC)c2OC)cc1. The first kappa shape index (κ1) is 19.4. The number of H-pyrrole nitrogens is 1. The summed E-state index contributed by atoms with van der Waals surface area (Å²) in [6.45, 7) is 2.56. The fourth-order valence-corrected chi connectivity index (χ4v) is 2.79. The average Bonchev–Trinajstić information content (AvgIpc) is 3.09. The molecule has 1 aromatic heterocycles. The predicted molar refractivity (Wildman–Crippen MR) is 111 cm³/mol. The van der Waals surface area contributed by atoms with Gasteiger partial charge >= 0.3 is 0 Å². The van der Waals surface area contributed by atoms with Gasteiger partial charge in [0.05, 0.1) is 27.0 Å². The summed E-state index contributed by atoms with van der Waals surface area (Å²) in [6.07, 6.45) is 1.62. The standard InChI is InChI=1S/C19H21N5O3S/c1-4-27-15-10-8-13(9-11-15)18-21-22-19(28)24(18)23-20-12-14-6-5-7-16(25-2)17(14)26-3/h5-12,23H,4H2,1-3H3,(H,22,28)/b20-12+. The second-order valence-electron chi connectivity index (χ2n) is 5.59. The molecule has 3 aromatic rings. The highest BCUT2D eigenvalue weighted by Crippen LogP contribution is 2.29. The summed E-state index contributed by atoms with van der Waals surface area (Å²) in [5.41, 5.74) is 4.51. The Morgan fingerprint density at radius 1 is 1.18 bits per heavy atom. The van der Waals surface area contributed by atoms with Crippen LogP contribution in [-0.4, -0.2) is 41.9 Å². The Morgan fingerprint density at radius 3 is 2.64 bits per heavy atom. The smallest absolute Gasteiger partial charge is 0.216 e. The lowest BCUT2D eigenvalue weighted by Gasteiger charge is -2.10. The van der Waals surface area contributed by atoms with Crippen LogP contribution in [-0.2, 0) is 0 Å².